The quantitative estimate of drug-likeness (QED) is 0.756. The Labute approximate surface area is 102 Å². The minimum atomic E-state index is -0.0650. The van der Waals surface area contributed by atoms with Gasteiger partial charge in [-0.15, -0.1) is 0 Å². The minimum Gasteiger partial charge on any atom is -0.356 e. The van der Waals surface area contributed by atoms with Gasteiger partial charge in [0.1, 0.15) is 0 Å². The van der Waals surface area contributed by atoms with E-state index < -0.39 is 0 Å². The van der Waals surface area contributed by atoms with Crippen LogP contribution >= 0.6 is 0 Å². The van der Waals surface area contributed by atoms with E-state index >= 15 is 0 Å². The van der Waals surface area contributed by atoms with Crippen molar-refractivity contribution in [1.29, 1.82) is 0 Å². The van der Waals surface area contributed by atoms with Crippen LogP contribution in [0.4, 0.5) is 0 Å². The molecule has 5 heteroatoms. The van der Waals surface area contributed by atoms with E-state index in [1.165, 1.54) is 0 Å². The lowest BCUT2D eigenvalue weighted by atomic mass is 10.0. The Morgan fingerprint density at radius 2 is 2.29 bits per heavy atom. The number of aryl methyl sites for hydroxylation is 1. The van der Waals surface area contributed by atoms with Gasteiger partial charge < -0.3 is 11.1 Å². The molecule has 0 radical (unpaired) electrons. The number of hydrogen-bond acceptors (Lipinski definition) is 3. The van der Waals surface area contributed by atoms with E-state index in [0.29, 0.717) is 18.9 Å². The van der Waals surface area contributed by atoms with Gasteiger partial charge in [-0.3, -0.25) is 9.48 Å². The second-order valence-corrected chi connectivity index (χ2v) is 4.69. The summed E-state index contributed by atoms with van der Waals surface area (Å²) in [5.41, 5.74) is 6.81. The standard InChI is InChI=1S/C12H22N4O/c1-9(2)11(13)8-12(17)14-6-4-10-5-7-16(3)15-10/h5,7,9,11H,4,6,8,13H2,1-3H3,(H,14,17). The first-order valence-corrected chi connectivity index (χ1v) is 6.00. The lowest BCUT2D eigenvalue weighted by molar-refractivity contribution is -0.121. The zero-order chi connectivity index (χ0) is 12.8. The fourth-order valence-corrected chi connectivity index (χ4v) is 1.45. The van der Waals surface area contributed by atoms with Crippen LogP contribution in [0.1, 0.15) is 26.0 Å². The Balaban J connectivity index is 2.20. The van der Waals surface area contributed by atoms with Gasteiger partial charge in [0.05, 0.1) is 5.69 Å². The summed E-state index contributed by atoms with van der Waals surface area (Å²) >= 11 is 0. The second-order valence-electron chi connectivity index (χ2n) is 4.69. The molecule has 1 aromatic rings. The highest BCUT2D eigenvalue weighted by atomic mass is 16.1. The summed E-state index contributed by atoms with van der Waals surface area (Å²) in [6.45, 7) is 4.65. The lowest BCUT2D eigenvalue weighted by Gasteiger charge is -2.14. The number of carbonyl (C=O) groups excluding carboxylic acids is 1. The van der Waals surface area contributed by atoms with Gasteiger partial charge in [-0.1, -0.05) is 13.8 Å². The van der Waals surface area contributed by atoms with Gasteiger partial charge >= 0.3 is 0 Å². The van der Waals surface area contributed by atoms with Crippen molar-refractivity contribution >= 4 is 5.91 Å². The molecule has 1 aromatic heterocycles. The Bertz CT molecular complexity index is 359. The van der Waals surface area contributed by atoms with E-state index in [2.05, 4.69) is 10.4 Å². The maximum atomic E-state index is 11.5. The number of amides is 1. The molecule has 5 nitrogen and oxygen atoms in total. The summed E-state index contributed by atoms with van der Waals surface area (Å²) in [5.74, 6) is 0.346. The van der Waals surface area contributed by atoms with E-state index in [1.807, 2.05) is 33.2 Å². The third-order valence-electron chi connectivity index (χ3n) is 2.75. The van der Waals surface area contributed by atoms with Gasteiger partial charge in [0, 0.05) is 38.7 Å². The van der Waals surface area contributed by atoms with Gasteiger partial charge in [-0.2, -0.15) is 5.10 Å². The molecule has 0 bridgehead atoms. The molecule has 0 aliphatic heterocycles. The average Bonchev–Trinajstić information content (AvgIpc) is 2.64. The van der Waals surface area contributed by atoms with E-state index in [4.69, 9.17) is 5.73 Å². The predicted octanol–water partition coefficient (Wildman–Crippen LogP) is 0.452. The number of rotatable bonds is 6. The number of nitrogens with two attached hydrogens (primary N) is 1. The highest BCUT2D eigenvalue weighted by molar-refractivity contribution is 5.76. The number of nitrogens with zero attached hydrogens (tertiary/aromatic N) is 2. The number of hydrogen-bond donors (Lipinski definition) is 2. The second kappa shape index (κ2) is 6.39. The van der Waals surface area contributed by atoms with E-state index in [1.54, 1.807) is 4.68 Å². The fourth-order valence-electron chi connectivity index (χ4n) is 1.45. The van der Waals surface area contributed by atoms with Crippen LogP contribution in [0.25, 0.3) is 0 Å². The van der Waals surface area contributed by atoms with Gasteiger partial charge in [0.15, 0.2) is 0 Å². The van der Waals surface area contributed by atoms with E-state index in [-0.39, 0.29) is 11.9 Å². The van der Waals surface area contributed by atoms with Crippen molar-refractivity contribution in [2.45, 2.75) is 32.7 Å². The summed E-state index contributed by atoms with van der Waals surface area (Å²) < 4.78 is 1.76. The largest absolute Gasteiger partial charge is 0.356 e. The highest BCUT2D eigenvalue weighted by Crippen LogP contribution is 2.02. The molecule has 0 aliphatic rings. The molecule has 1 unspecified atom stereocenters. The van der Waals surface area contributed by atoms with Crippen molar-refractivity contribution in [3.05, 3.63) is 18.0 Å². The molecule has 0 aliphatic carbocycles. The zero-order valence-electron chi connectivity index (χ0n) is 10.8. The molecule has 0 aromatic carbocycles. The van der Waals surface area contributed by atoms with E-state index in [0.717, 1.165) is 12.1 Å². The lowest BCUT2D eigenvalue weighted by Crippen LogP contribution is -2.35. The van der Waals surface area contributed by atoms with Crippen LogP contribution in [0.3, 0.4) is 0 Å². The molecule has 0 saturated heterocycles. The van der Waals surface area contributed by atoms with Crippen molar-refractivity contribution in [3.8, 4) is 0 Å². The first-order valence-electron chi connectivity index (χ1n) is 6.00. The van der Waals surface area contributed by atoms with Crippen LogP contribution in [-0.4, -0.2) is 28.3 Å². The van der Waals surface area contributed by atoms with Crippen molar-refractivity contribution in [2.75, 3.05) is 6.54 Å². The molecular weight excluding hydrogens is 216 g/mol. The Hall–Kier alpha value is -1.36. The average molecular weight is 238 g/mol. The summed E-state index contributed by atoms with van der Waals surface area (Å²) in [5, 5.41) is 7.10. The van der Waals surface area contributed by atoms with Crippen LogP contribution in [0.5, 0.6) is 0 Å². The van der Waals surface area contributed by atoms with Crippen LogP contribution < -0.4 is 11.1 Å². The van der Waals surface area contributed by atoms with Crippen LogP contribution in [0.15, 0.2) is 12.3 Å². The third kappa shape index (κ3) is 4.99. The molecule has 1 atom stereocenters. The molecule has 17 heavy (non-hydrogen) atoms. The summed E-state index contributed by atoms with van der Waals surface area (Å²) in [7, 11) is 1.88. The molecule has 1 heterocycles. The number of nitrogens with one attached hydrogen (secondary N) is 1. The topological polar surface area (TPSA) is 72.9 Å². The first kappa shape index (κ1) is 13.7. The maximum Gasteiger partial charge on any atom is 0.221 e. The molecular formula is C12H22N4O. The van der Waals surface area contributed by atoms with E-state index in [9.17, 15) is 4.79 Å². The van der Waals surface area contributed by atoms with Crippen molar-refractivity contribution in [1.82, 2.24) is 15.1 Å². The van der Waals surface area contributed by atoms with Gasteiger partial charge in [-0.25, -0.2) is 0 Å². The Kier molecular flexibility index (Phi) is 5.15. The number of carbonyl (C=O) groups is 1. The molecule has 0 spiro atoms. The van der Waals surface area contributed by atoms with Crippen molar-refractivity contribution in [2.24, 2.45) is 18.7 Å². The molecule has 1 amide bonds. The molecule has 1 rings (SSSR count). The molecule has 0 saturated carbocycles. The normalized spacial score (nSPS) is 12.8. The van der Waals surface area contributed by atoms with Crippen molar-refractivity contribution in [3.63, 3.8) is 0 Å². The smallest absolute Gasteiger partial charge is 0.221 e. The maximum absolute atomic E-state index is 11.5. The van der Waals surface area contributed by atoms with Gasteiger partial charge in [0.25, 0.3) is 0 Å². The molecule has 3 N–H and O–H groups in total. The Morgan fingerprint density at radius 1 is 1.59 bits per heavy atom. The molecule has 0 fully saturated rings. The van der Waals surface area contributed by atoms with Crippen LogP contribution in [-0.2, 0) is 18.3 Å². The predicted molar refractivity (Wildman–Crippen MR) is 67.4 cm³/mol. The van der Waals surface area contributed by atoms with Crippen LogP contribution in [0.2, 0.25) is 0 Å². The number of aromatic nitrogens is 2. The zero-order valence-corrected chi connectivity index (χ0v) is 10.8. The Morgan fingerprint density at radius 3 is 2.82 bits per heavy atom. The van der Waals surface area contributed by atoms with Gasteiger partial charge in [0.2, 0.25) is 5.91 Å². The third-order valence-corrected chi connectivity index (χ3v) is 2.75. The summed E-state index contributed by atoms with van der Waals surface area (Å²) in [6, 6.07) is 1.89. The monoisotopic (exact) mass is 238 g/mol. The first-order chi connectivity index (χ1) is 7.99. The highest BCUT2D eigenvalue weighted by Gasteiger charge is 2.12. The minimum absolute atomic E-state index is 0.0159. The SMILES string of the molecule is CC(C)C(N)CC(=O)NCCc1ccn(C)n1. The fraction of sp³-hybridized carbons (Fsp3) is 0.667. The summed E-state index contributed by atoms with van der Waals surface area (Å²) in [6.07, 6.45) is 3.04. The summed E-state index contributed by atoms with van der Waals surface area (Å²) in [4.78, 5) is 11.5. The molecule has 96 valence electrons. The van der Waals surface area contributed by atoms with Gasteiger partial charge in [-0.05, 0) is 12.0 Å². The van der Waals surface area contributed by atoms with Crippen molar-refractivity contribution < 1.29 is 4.79 Å². The van der Waals surface area contributed by atoms with Crippen LogP contribution in [0, 0.1) is 5.92 Å².